The van der Waals surface area contributed by atoms with Gasteiger partial charge in [-0.05, 0) is 79.3 Å². The molecule has 2 amide bonds. The third-order valence-electron chi connectivity index (χ3n) is 9.99. The molecule has 2 heterocycles. The molecule has 4 N–H and O–H groups in total. The fourth-order valence-corrected chi connectivity index (χ4v) is 8.25. The third-order valence-corrected chi connectivity index (χ3v) is 9.99. The van der Waals surface area contributed by atoms with E-state index < -0.39 is 29.6 Å². The van der Waals surface area contributed by atoms with Gasteiger partial charge in [0.05, 0.1) is 6.10 Å². The van der Waals surface area contributed by atoms with E-state index in [1.54, 1.807) is 6.08 Å². The van der Waals surface area contributed by atoms with Crippen molar-refractivity contribution in [3.05, 3.63) is 35.6 Å². The van der Waals surface area contributed by atoms with Crippen LogP contribution in [0, 0.1) is 47.3 Å². The zero-order valence-corrected chi connectivity index (χ0v) is 21.6. The molecule has 3 saturated carbocycles. The van der Waals surface area contributed by atoms with Crippen molar-refractivity contribution in [2.45, 2.75) is 64.5 Å². The average Bonchev–Trinajstić information content (AvgIpc) is 3.48. The van der Waals surface area contributed by atoms with E-state index in [0.717, 1.165) is 12.8 Å². The fraction of sp³-hybridized carbons (Fsp3) is 0.655. The van der Waals surface area contributed by atoms with Gasteiger partial charge in [0.2, 0.25) is 5.91 Å². The summed E-state index contributed by atoms with van der Waals surface area (Å²) in [6.07, 6.45) is 9.70. The van der Waals surface area contributed by atoms with Gasteiger partial charge in [0.15, 0.2) is 5.78 Å². The molecule has 2 aliphatic heterocycles. The summed E-state index contributed by atoms with van der Waals surface area (Å²) in [5.41, 5.74) is -0.372. The van der Waals surface area contributed by atoms with Crippen molar-refractivity contribution < 1.29 is 29.4 Å². The van der Waals surface area contributed by atoms with E-state index in [1.165, 1.54) is 18.6 Å². The first-order valence-corrected chi connectivity index (χ1v) is 13.8. The molecule has 0 aromatic rings. The molecule has 0 unspecified atom stereocenters. The Morgan fingerprint density at radius 3 is 2.62 bits per heavy atom. The first-order chi connectivity index (χ1) is 17.7. The molecule has 8 nitrogen and oxygen atoms in total. The summed E-state index contributed by atoms with van der Waals surface area (Å²) in [4.78, 5) is 51.2. The van der Waals surface area contributed by atoms with E-state index in [2.05, 4.69) is 24.5 Å². The number of ketones is 2. The minimum absolute atomic E-state index is 0.0374. The second-order valence-electron chi connectivity index (χ2n) is 11.7. The van der Waals surface area contributed by atoms with E-state index in [9.17, 15) is 29.4 Å². The Balaban J connectivity index is 1.47. The first kappa shape index (κ1) is 25.9. The van der Waals surface area contributed by atoms with Crippen LogP contribution in [0.5, 0.6) is 0 Å². The monoisotopic (exact) mass is 510 g/mol. The molecule has 0 aromatic carbocycles. The number of allylic oxidation sites excluding steroid dienone is 3. The summed E-state index contributed by atoms with van der Waals surface area (Å²) in [5, 5.41) is 26.3. The van der Waals surface area contributed by atoms with Gasteiger partial charge in [0, 0.05) is 18.9 Å². The van der Waals surface area contributed by atoms with Gasteiger partial charge in [0.25, 0.3) is 5.91 Å². The summed E-state index contributed by atoms with van der Waals surface area (Å²) in [5.74, 6) is 0.507. The summed E-state index contributed by atoms with van der Waals surface area (Å²) in [6, 6.07) is -1.17. The smallest absolute Gasteiger partial charge is 0.259 e. The lowest BCUT2D eigenvalue weighted by Crippen LogP contribution is -2.42. The van der Waals surface area contributed by atoms with Gasteiger partial charge >= 0.3 is 0 Å². The summed E-state index contributed by atoms with van der Waals surface area (Å²) in [6.45, 7) is 4.68. The second kappa shape index (κ2) is 10.2. The Morgan fingerprint density at radius 1 is 1.08 bits per heavy atom. The van der Waals surface area contributed by atoms with Crippen LogP contribution in [0.15, 0.2) is 35.6 Å². The van der Waals surface area contributed by atoms with E-state index in [-0.39, 0.29) is 53.9 Å². The van der Waals surface area contributed by atoms with Crippen molar-refractivity contribution in [3.8, 4) is 0 Å². The summed E-state index contributed by atoms with van der Waals surface area (Å²) < 4.78 is 0. The largest absolute Gasteiger partial charge is 0.507 e. The fourth-order valence-electron chi connectivity index (χ4n) is 8.25. The van der Waals surface area contributed by atoms with Gasteiger partial charge in [-0.15, -0.1) is 0 Å². The Labute approximate surface area is 217 Å². The third kappa shape index (κ3) is 4.58. The van der Waals surface area contributed by atoms with E-state index in [4.69, 9.17) is 0 Å². The van der Waals surface area contributed by atoms with Crippen molar-refractivity contribution >= 4 is 23.4 Å². The topological polar surface area (TPSA) is 133 Å². The number of amides is 2. The number of hydrogen-bond donors (Lipinski definition) is 4. The predicted molar refractivity (Wildman–Crippen MR) is 136 cm³/mol. The van der Waals surface area contributed by atoms with E-state index in [1.807, 2.05) is 6.08 Å². The van der Waals surface area contributed by atoms with Crippen LogP contribution in [0.1, 0.15) is 52.4 Å². The Hall–Kier alpha value is -2.74. The molecule has 200 valence electrons. The zero-order chi connectivity index (χ0) is 26.4. The van der Waals surface area contributed by atoms with Crippen LogP contribution in [0.3, 0.4) is 0 Å². The van der Waals surface area contributed by atoms with Crippen molar-refractivity contribution in [1.29, 1.82) is 0 Å². The highest BCUT2D eigenvalue weighted by atomic mass is 16.3. The first-order valence-electron chi connectivity index (χ1n) is 13.8. The summed E-state index contributed by atoms with van der Waals surface area (Å²) >= 11 is 0. The highest BCUT2D eigenvalue weighted by molar-refractivity contribution is 6.27. The lowest BCUT2D eigenvalue weighted by Gasteiger charge is -2.40. The molecule has 4 fully saturated rings. The molecule has 37 heavy (non-hydrogen) atoms. The van der Waals surface area contributed by atoms with Gasteiger partial charge in [-0.2, -0.15) is 0 Å². The highest BCUT2D eigenvalue weighted by Gasteiger charge is 2.58. The lowest BCUT2D eigenvalue weighted by molar-refractivity contribution is -0.131. The van der Waals surface area contributed by atoms with E-state index >= 15 is 0 Å². The molecule has 5 aliphatic rings. The lowest BCUT2D eigenvalue weighted by atomic mass is 9.63. The molecular weight excluding hydrogens is 472 g/mol. The number of fused-ring (bicyclic) bond motifs is 7. The minimum Gasteiger partial charge on any atom is -0.507 e. The molecule has 5 rings (SSSR count). The number of carbonyl (C=O) groups excluding carboxylic acids is 4. The Bertz CT molecular complexity index is 1080. The maximum absolute atomic E-state index is 13.5. The quantitative estimate of drug-likeness (QED) is 0.401. The molecule has 0 spiro atoms. The normalized spacial score (nSPS) is 44.1. The van der Waals surface area contributed by atoms with Crippen LogP contribution in [-0.2, 0) is 19.2 Å². The maximum Gasteiger partial charge on any atom is 0.259 e. The second-order valence-corrected chi connectivity index (χ2v) is 11.7. The SMILES string of the molecule is CC[C@H]1C[C@@H]2C[C@@H]3[C@H]4C/C=C\C(=O)NCC[C@H](O)[C@H]5NC(=O)C(=C(O)/C=C/[C@@H]4CC(=O)[C@H]3[C@@H]2[C@H]1C)C5=O. The molecule has 1 saturated heterocycles. The van der Waals surface area contributed by atoms with Crippen molar-refractivity contribution in [3.63, 3.8) is 0 Å². The molecule has 8 heteroatoms. The minimum atomic E-state index is -1.20. The Morgan fingerprint density at radius 2 is 1.86 bits per heavy atom. The van der Waals surface area contributed by atoms with Gasteiger partial charge in [-0.1, -0.05) is 32.4 Å². The highest BCUT2D eigenvalue weighted by Crippen LogP contribution is 2.61. The molecule has 2 bridgehead atoms. The van der Waals surface area contributed by atoms with Crippen LogP contribution in [0.25, 0.3) is 0 Å². The number of nitrogens with one attached hydrogen (secondary N) is 2. The van der Waals surface area contributed by atoms with Crippen LogP contribution in [0.2, 0.25) is 0 Å². The molecule has 0 aromatic heterocycles. The van der Waals surface area contributed by atoms with Gasteiger partial charge in [0.1, 0.15) is 23.2 Å². The molecule has 3 aliphatic carbocycles. The number of aliphatic hydroxyl groups is 2. The van der Waals surface area contributed by atoms with Gasteiger partial charge in [-0.25, -0.2) is 0 Å². The van der Waals surface area contributed by atoms with Crippen LogP contribution < -0.4 is 10.6 Å². The average molecular weight is 511 g/mol. The van der Waals surface area contributed by atoms with Crippen molar-refractivity contribution in [2.75, 3.05) is 6.54 Å². The number of aliphatic hydroxyl groups excluding tert-OH is 2. The molecule has 0 radical (unpaired) electrons. The number of rotatable bonds is 1. The number of carbonyl (C=O) groups is 4. The standard InChI is InChI=1S/C29H38N2O6/c1-3-15-11-17-12-19-18-5-4-6-23(35)30-10-9-21(33)27-28(36)26(29(37)31-27)20(32)8-7-16(18)13-22(34)25(19)24(17)14(15)2/h4,6-8,14-19,21,24-25,27,32-33H,3,5,9-13H2,1-2H3,(H,30,35)(H,31,37)/b6-4-,8-7+,26-20?/t14-,15-,16+,17+,18-,19+,21-,24+,25-,27+/m0/s1. The van der Waals surface area contributed by atoms with Crippen LogP contribution in [-0.4, -0.2) is 52.3 Å². The Kier molecular flexibility index (Phi) is 7.14. The summed E-state index contributed by atoms with van der Waals surface area (Å²) in [7, 11) is 0. The van der Waals surface area contributed by atoms with E-state index in [0.29, 0.717) is 36.5 Å². The van der Waals surface area contributed by atoms with Crippen molar-refractivity contribution in [1.82, 2.24) is 10.6 Å². The van der Waals surface area contributed by atoms with Gasteiger partial charge < -0.3 is 20.8 Å². The molecular formula is C29H38N2O6. The van der Waals surface area contributed by atoms with Crippen LogP contribution in [0.4, 0.5) is 0 Å². The maximum atomic E-state index is 13.5. The number of Topliss-reactive ketones (excluding diaryl/α,β-unsaturated/α-hetero) is 2. The molecule has 10 atom stereocenters. The predicted octanol–water partition coefficient (Wildman–Crippen LogP) is 2.39. The van der Waals surface area contributed by atoms with Crippen LogP contribution >= 0.6 is 0 Å². The van der Waals surface area contributed by atoms with Crippen molar-refractivity contribution in [2.24, 2.45) is 47.3 Å². The van der Waals surface area contributed by atoms with Gasteiger partial charge in [-0.3, -0.25) is 19.2 Å². The zero-order valence-electron chi connectivity index (χ0n) is 21.6. The number of hydrogen-bond acceptors (Lipinski definition) is 6.